The number of carbonyl (C=O) groups is 3. The third-order valence-electron chi connectivity index (χ3n) is 6.98. The van der Waals surface area contributed by atoms with Crippen molar-refractivity contribution in [2.75, 3.05) is 13.1 Å². The van der Waals surface area contributed by atoms with Gasteiger partial charge in [0.2, 0.25) is 0 Å². The van der Waals surface area contributed by atoms with E-state index in [-0.39, 0.29) is 23.9 Å². The fraction of sp³-hybridized carbons (Fsp3) is 0.444. The Morgan fingerprint density at radius 1 is 0.909 bits per heavy atom. The van der Waals surface area contributed by atoms with Crippen molar-refractivity contribution < 1.29 is 23.9 Å². The van der Waals surface area contributed by atoms with Gasteiger partial charge in [-0.1, -0.05) is 6.07 Å². The van der Waals surface area contributed by atoms with Crippen LogP contribution in [0.15, 0.2) is 30.3 Å². The quantitative estimate of drug-likeness (QED) is 0.634. The van der Waals surface area contributed by atoms with Crippen LogP contribution in [0.4, 0.5) is 0 Å². The van der Waals surface area contributed by atoms with Crippen LogP contribution < -0.4 is 9.47 Å². The van der Waals surface area contributed by atoms with Crippen molar-refractivity contribution in [3.63, 3.8) is 0 Å². The van der Waals surface area contributed by atoms with Crippen molar-refractivity contribution in [3.8, 4) is 11.5 Å². The van der Waals surface area contributed by atoms with Crippen LogP contribution in [0.1, 0.15) is 81.7 Å². The molecule has 0 bridgehead atoms. The summed E-state index contributed by atoms with van der Waals surface area (Å²) in [6.45, 7) is 8.72. The molecule has 0 aromatic heterocycles. The highest BCUT2D eigenvalue weighted by Gasteiger charge is 2.44. The molecule has 0 unspecified atom stereocenters. The Hall–Kier alpha value is -3.15. The Balaban J connectivity index is 1.32. The summed E-state index contributed by atoms with van der Waals surface area (Å²) in [7, 11) is 0. The van der Waals surface area contributed by atoms with Gasteiger partial charge in [-0.15, -0.1) is 0 Å². The summed E-state index contributed by atoms with van der Waals surface area (Å²) in [5.41, 5.74) is 2.55. The van der Waals surface area contributed by atoms with Crippen LogP contribution in [0.3, 0.4) is 0 Å². The largest absolute Gasteiger partial charge is 0.487 e. The molecule has 3 aliphatic rings. The zero-order chi connectivity index (χ0) is 23.5. The molecule has 1 spiro atoms. The highest BCUT2D eigenvalue weighted by molar-refractivity contribution is 6.04. The number of hydrogen-bond donors (Lipinski definition) is 0. The van der Waals surface area contributed by atoms with E-state index in [4.69, 9.17) is 9.47 Å². The number of amides is 1. The molecular weight excluding hydrogens is 418 g/mol. The van der Waals surface area contributed by atoms with Crippen molar-refractivity contribution in [2.45, 2.75) is 64.6 Å². The fourth-order valence-corrected chi connectivity index (χ4v) is 5.30. The van der Waals surface area contributed by atoms with Crippen LogP contribution in [-0.2, 0) is 0 Å². The number of ketones is 2. The number of carbonyl (C=O) groups excluding carboxylic acids is 3. The number of nitrogens with zero attached hydrogens (tertiary/aromatic N) is 1. The Morgan fingerprint density at radius 3 is 2.33 bits per heavy atom. The number of ether oxygens (including phenoxy) is 2. The van der Waals surface area contributed by atoms with Crippen molar-refractivity contribution >= 4 is 17.5 Å². The van der Waals surface area contributed by atoms with Crippen LogP contribution in [0.5, 0.6) is 11.5 Å². The molecule has 2 aromatic rings. The molecule has 0 N–H and O–H groups in total. The molecular formula is C27H29NO5. The van der Waals surface area contributed by atoms with E-state index in [1.165, 1.54) is 0 Å². The van der Waals surface area contributed by atoms with E-state index in [1.54, 1.807) is 23.1 Å². The standard InChI is InChI=1S/C27H29NO5/c1-16-11-17(2)24-20(12-16)22(30)15-27(33-24)7-9-28(10-8-27)25(31)18-5-6-23-19(13-18)21(29)14-26(3,4)32-23/h5-6,11-13H,7-10,14-15H2,1-4H3. The van der Waals surface area contributed by atoms with Gasteiger partial charge in [-0.3, -0.25) is 14.4 Å². The molecule has 172 valence electrons. The van der Waals surface area contributed by atoms with Crippen LogP contribution in [0.2, 0.25) is 0 Å². The highest BCUT2D eigenvalue weighted by Crippen LogP contribution is 2.42. The van der Waals surface area contributed by atoms with Crippen LogP contribution in [0.25, 0.3) is 0 Å². The van der Waals surface area contributed by atoms with E-state index in [2.05, 4.69) is 0 Å². The maximum absolute atomic E-state index is 13.2. The third-order valence-corrected chi connectivity index (χ3v) is 6.98. The predicted molar refractivity (Wildman–Crippen MR) is 123 cm³/mol. The van der Waals surface area contributed by atoms with Crippen LogP contribution in [0, 0.1) is 13.8 Å². The lowest BCUT2D eigenvalue weighted by Crippen LogP contribution is -2.52. The zero-order valence-corrected chi connectivity index (χ0v) is 19.6. The first-order chi connectivity index (χ1) is 15.6. The summed E-state index contributed by atoms with van der Waals surface area (Å²) in [5.74, 6) is 1.21. The van der Waals surface area contributed by atoms with Crippen molar-refractivity contribution in [2.24, 2.45) is 0 Å². The van der Waals surface area contributed by atoms with Crippen molar-refractivity contribution in [1.82, 2.24) is 4.90 Å². The monoisotopic (exact) mass is 447 g/mol. The molecule has 3 heterocycles. The number of hydrogen-bond acceptors (Lipinski definition) is 5. The van der Waals surface area contributed by atoms with Gasteiger partial charge in [0.25, 0.3) is 5.91 Å². The number of Topliss-reactive ketones (excluding diaryl/α,β-unsaturated/α-hetero) is 2. The first kappa shape index (κ1) is 21.7. The van der Waals surface area contributed by atoms with Crippen LogP contribution >= 0.6 is 0 Å². The molecule has 6 heteroatoms. The number of rotatable bonds is 1. The van der Waals surface area contributed by atoms with E-state index in [9.17, 15) is 14.4 Å². The molecule has 1 saturated heterocycles. The lowest BCUT2D eigenvalue weighted by molar-refractivity contribution is -0.00619. The zero-order valence-electron chi connectivity index (χ0n) is 19.6. The van der Waals surface area contributed by atoms with Gasteiger partial charge in [0.1, 0.15) is 22.7 Å². The van der Waals surface area contributed by atoms with Crippen molar-refractivity contribution in [3.05, 3.63) is 58.1 Å². The topological polar surface area (TPSA) is 72.9 Å². The summed E-state index contributed by atoms with van der Waals surface area (Å²) < 4.78 is 12.3. The molecule has 1 amide bonds. The first-order valence-corrected chi connectivity index (χ1v) is 11.5. The van der Waals surface area contributed by atoms with E-state index < -0.39 is 11.2 Å². The van der Waals surface area contributed by atoms with Crippen LogP contribution in [-0.4, -0.2) is 46.7 Å². The molecule has 6 nitrogen and oxygen atoms in total. The second kappa shape index (κ2) is 7.44. The Morgan fingerprint density at radius 2 is 1.61 bits per heavy atom. The summed E-state index contributed by atoms with van der Waals surface area (Å²) in [6, 6.07) is 9.03. The lowest BCUT2D eigenvalue weighted by Gasteiger charge is -2.44. The number of aryl methyl sites for hydroxylation is 2. The Bertz CT molecular complexity index is 1190. The first-order valence-electron chi connectivity index (χ1n) is 11.5. The van der Waals surface area contributed by atoms with Gasteiger partial charge >= 0.3 is 0 Å². The fourth-order valence-electron chi connectivity index (χ4n) is 5.30. The number of piperidine rings is 1. The van der Waals surface area contributed by atoms with Gasteiger partial charge in [-0.25, -0.2) is 0 Å². The van der Waals surface area contributed by atoms with E-state index in [0.29, 0.717) is 60.5 Å². The van der Waals surface area contributed by atoms with Gasteiger partial charge in [0.05, 0.1) is 24.0 Å². The average Bonchev–Trinajstić information content (AvgIpc) is 2.74. The second-order valence-electron chi connectivity index (χ2n) is 10.3. The molecule has 33 heavy (non-hydrogen) atoms. The van der Waals surface area contributed by atoms with E-state index in [0.717, 1.165) is 11.1 Å². The Labute approximate surface area is 193 Å². The number of likely N-dealkylation sites (tertiary alicyclic amines) is 1. The molecule has 3 aliphatic heterocycles. The van der Waals surface area contributed by atoms with Gasteiger partial charge < -0.3 is 14.4 Å². The minimum atomic E-state index is -0.563. The third kappa shape index (κ3) is 3.81. The predicted octanol–water partition coefficient (Wildman–Crippen LogP) is 4.69. The molecule has 2 aromatic carbocycles. The van der Waals surface area contributed by atoms with Gasteiger partial charge in [0.15, 0.2) is 11.6 Å². The molecule has 5 rings (SSSR count). The van der Waals surface area contributed by atoms with E-state index in [1.807, 2.05) is 39.8 Å². The summed E-state index contributed by atoms with van der Waals surface area (Å²) in [4.78, 5) is 40.5. The molecule has 1 fully saturated rings. The number of fused-ring (bicyclic) bond motifs is 2. The molecule has 0 radical (unpaired) electrons. The van der Waals surface area contributed by atoms with Gasteiger partial charge in [-0.05, 0) is 63.1 Å². The van der Waals surface area contributed by atoms with Gasteiger partial charge in [0, 0.05) is 31.5 Å². The molecule has 0 atom stereocenters. The molecule has 0 aliphatic carbocycles. The summed E-state index contributed by atoms with van der Waals surface area (Å²) >= 11 is 0. The smallest absolute Gasteiger partial charge is 0.253 e. The van der Waals surface area contributed by atoms with E-state index >= 15 is 0 Å². The maximum Gasteiger partial charge on any atom is 0.253 e. The summed E-state index contributed by atoms with van der Waals surface area (Å²) in [6.07, 6.45) is 1.82. The maximum atomic E-state index is 13.2. The lowest BCUT2D eigenvalue weighted by atomic mass is 9.81. The minimum absolute atomic E-state index is 0.00751. The summed E-state index contributed by atoms with van der Waals surface area (Å²) in [5, 5.41) is 0. The minimum Gasteiger partial charge on any atom is -0.487 e. The van der Waals surface area contributed by atoms with Crippen molar-refractivity contribution in [1.29, 1.82) is 0 Å². The normalized spacial score (nSPS) is 20.5. The number of benzene rings is 2. The SMILES string of the molecule is Cc1cc(C)c2c(c1)C(=O)CC1(CCN(C(=O)c3ccc4c(c3)C(=O)CC(C)(C)O4)CC1)O2. The second-order valence-corrected chi connectivity index (χ2v) is 10.3. The molecule has 0 saturated carbocycles. The highest BCUT2D eigenvalue weighted by atomic mass is 16.5. The Kier molecular flexibility index (Phi) is 4.89. The average molecular weight is 448 g/mol. The van der Waals surface area contributed by atoms with Gasteiger partial charge in [-0.2, -0.15) is 0 Å².